The number of hydrogen-bond donors (Lipinski definition) is 2. The highest BCUT2D eigenvalue weighted by Crippen LogP contribution is 2.25. The van der Waals surface area contributed by atoms with Crippen LogP contribution in [-0.4, -0.2) is 58.2 Å². The maximum atomic E-state index is 12.6. The van der Waals surface area contributed by atoms with Crippen LogP contribution in [0.25, 0.3) is 22.2 Å². The lowest BCUT2D eigenvalue weighted by molar-refractivity contribution is 0.132. The zero-order valence-corrected chi connectivity index (χ0v) is 16.4. The van der Waals surface area contributed by atoms with Crippen LogP contribution >= 0.6 is 0 Å². The maximum Gasteiger partial charge on any atom is 0.323 e. The van der Waals surface area contributed by atoms with E-state index < -0.39 is 6.43 Å². The summed E-state index contributed by atoms with van der Waals surface area (Å²) in [5.41, 5.74) is 1.55. The molecule has 158 valence electrons. The smallest absolute Gasteiger partial charge is 0.323 e. The summed E-state index contributed by atoms with van der Waals surface area (Å²) < 4.78 is 30.2. The van der Waals surface area contributed by atoms with Crippen LogP contribution in [0.15, 0.2) is 34.9 Å². The number of benzene rings is 1. The van der Waals surface area contributed by atoms with Crippen molar-refractivity contribution in [2.45, 2.75) is 32.2 Å². The molecule has 30 heavy (non-hydrogen) atoms. The van der Waals surface area contributed by atoms with Crippen molar-refractivity contribution >= 4 is 22.8 Å². The van der Waals surface area contributed by atoms with Crippen molar-refractivity contribution in [3.8, 4) is 11.3 Å². The Balaban J connectivity index is 1.40. The number of nitrogens with zero attached hydrogens (tertiary/aromatic N) is 4. The van der Waals surface area contributed by atoms with E-state index >= 15 is 0 Å². The third kappa shape index (κ3) is 4.70. The molecule has 0 atom stereocenters. The van der Waals surface area contributed by atoms with Gasteiger partial charge in [0.05, 0.1) is 18.3 Å². The minimum Gasteiger partial charge on any atom is -0.441 e. The number of amides is 2. The molecule has 2 amide bonds. The van der Waals surface area contributed by atoms with Crippen molar-refractivity contribution in [1.82, 2.24) is 25.4 Å². The summed E-state index contributed by atoms with van der Waals surface area (Å²) in [4.78, 5) is 18.3. The van der Waals surface area contributed by atoms with Gasteiger partial charge in [0.2, 0.25) is 0 Å². The van der Waals surface area contributed by atoms with Gasteiger partial charge in [-0.3, -0.25) is 5.32 Å². The number of nitrogens with one attached hydrogen (secondary N) is 2. The van der Waals surface area contributed by atoms with E-state index in [1.54, 1.807) is 24.1 Å². The van der Waals surface area contributed by atoms with Gasteiger partial charge in [0, 0.05) is 37.0 Å². The van der Waals surface area contributed by atoms with Crippen molar-refractivity contribution in [2.75, 3.05) is 25.0 Å². The molecule has 10 heteroatoms. The summed E-state index contributed by atoms with van der Waals surface area (Å²) in [6, 6.07) is 7.09. The number of hydrogen-bond acceptors (Lipinski definition) is 6. The van der Waals surface area contributed by atoms with Crippen LogP contribution in [0, 0.1) is 6.92 Å². The van der Waals surface area contributed by atoms with Gasteiger partial charge in [0.15, 0.2) is 17.5 Å². The Hall–Kier alpha value is -3.14. The van der Waals surface area contributed by atoms with Crippen LogP contribution in [0.1, 0.15) is 18.7 Å². The van der Waals surface area contributed by atoms with E-state index in [1.807, 2.05) is 18.2 Å². The number of rotatable bonds is 5. The molecule has 0 aliphatic carbocycles. The van der Waals surface area contributed by atoms with Crippen molar-refractivity contribution in [1.29, 1.82) is 0 Å². The first-order chi connectivity index (χ1) is 14.5. The average Bonchev–Trinajstić information content (AvgIpc) is 3.18. The molecule has 4 rings (SSSR count). The van der Waals surface area contributed by atoms with Gasteiger partial charge in [-0.1, -0.05) is 0 Å². The zero-order valence-electron chi connectivity index (χ0n) is 16.4. The molecule has 1 aliphatic heterocycles. The summed E-state index contributed by atoms with van der Waals surface area (Å²) >= 11 is 0. The van der Waals surface area contributed by atoms with E-state index in [0.717, 1.165) is 10.9 Å². The van der Waals surface area contributed by atoms with E-state index in [1.165, 1.54) is 0 Å². The molecular weight excluding hydrogens is 394 g/mol. The Bertz CT molecular complexity index is 1030. The number of oxazole rings is 1. The van der Waals surface area contributed by atoms with Gasteiger partial charge in [0.25, 0.3) is 6.43 Å². The van der Waals surface area contributed by atoms with Crippen LogP contribution in [0.5, 0.6) is 0 Å². The molecule has 0 radical (unpaired) electrons. The number of alkyl halides is 2. The molecule has 0 saturated carbocycles. The summed E-state index contributed by atoms with van der Waals surface area (Å²) in [6.07, 6.45) is 0.548. The second-order valence-electron chi connectivity index (χ2n) is 7.24. The SMILES string of the molecule is Cc1ncc(-c2ccc3nnc(NC(=O)N4CCC(NCC(F)F)CC4)cc3c2)o1. The van der Waals surface area contributed by atoms with Crippen LogP contribution in [0.4, 0.5) is 19.4 Å². The lowest BCUT2D eigenvalue weighted by Gasteiger charge is -2.32. The number of carbonyl (C=O) groups excluding carboxylic acids is 1. The normalized spacial score (nSPS) is 15.1. The van der Waals surface area contributed by atoms with E-state index in [9.17, 15) is 13.6 Å². The van der Waals surface area contributed by atoms with E-state index in [4.69, 9.17) is 4.42 Å². The molecule has 1 fully saturated rings. The number of likely N-dealkylation sites (tertiary alicyclic amines) is 1. The Labute approximate surface area is 171 Å². The summed E-state index contributed by atoms with van der Waals surface area (Å²) in [6.45, 7) is 2.44. The molecule has 1 aliphatic rings. The van der Waals surface area contributed by atoms with Gasteiger partial charge in [-0.2, -0.15) is 0 Å². The van der Waals surface area contributed by atoms with Crippen molar-refractivity contribution in [2.24, 2.45) is 0 Å². The maximum absolute atomic E-state index is 12.6. The molecule has 1 saturated heterocycles. The molecule has 2 N–H and O–H groups in total. The molecule has 0 spiro atoms. The minimum absolute atomic E-state index is 0.00154. The molecule has 8 nitrogen and oxygen atoms in total. The molecule has 1 aromatic carbocycles. The number of anilines is 1. The third-order valence-corrected chi connectivity index (χ3v) is 5.07. The van der Waals surface area contributed by atoms with Crippen LogP contribution in [0.3, 0.4) is 0 Å². The standard InChI is InChI=1S/C20H22F2N6O2/c1-12-23-10-17(30-12)13-2-3-16-14(8-13)9-19(27-26-16)25-20(29)28-6-4-15(5-7-28)24-11-18(21)22/h2-3,8-10,15,18,24H,4-7,11H2,1H3,(H,25,27,29). The first-order valence-electron chi connectivity index (χ1n) is 9.75. The molecule has 3 heterocycles. The number of halogens is 2. The Morgan fingerprint density at radius 3 is 2.77 bits per heavy atom. The predicted molar refractivity (Wildman–Crippen MR) is 107 cm³/mol. The molecule has 2 aromatic heterocycles. The van der Waals surface area contributed by atoms with Crippen LogP contribution < -0.4 is 10.6 Å². The second kappa shape index (κ2) is 8.70. The average molecular weight is 416 g/mol. The monoisotopic (exact) mass is 416 g/mol. The Morgan fingerprint density at radius 2 is 2.07 bits per heavy atom. The lowest BCUT2D eigenvalue weighted by Crippen LogP contribution is -2.47. The number of urea groups is 1. The highest BCUT2D eigenvalue weighted by molar-refractivity contribution is 5.91. The summed E-state index contributed by atoms with van der Waals surface area (Å²) in [5, 5.41) is 14.6. The van der Waals surface area contributed by atoms with E-state index in [2.05, 4.69) is 25.8 Å². The fraction of sp³-hybridized carbons (Fsp3) is 0.400. The highest BCUT2D eigenvalue weighted by atomic mass is 19.3. The number of fused-ring (bicyclic) bond motifs is 1. The van der Waals surface area contributed by atoms with E-state index in [-0.39, 0.29) is 18.6 Å². The largest absolute Gasteiger partial charge is 0.441 e. The number of aromatic nitrogens is 3. The van der Waals surface area contributed by atoms with Crippen molar-refractivity contribution in [3.05, 3.63) is 36.4 Å². The second-order valence-corrected chi connectivity index (χ2v) is 7.24. The number of carbonyl (C=O) groups is 1. The minimum atomic E-state index is -2.37. The summed E-state index contributed by atoms with van der Waals surface area (Å²) in [5.74, 6) is 1.58. The zero-order chi connectivity index (χ0) is 21.1. The molecule has 3 aromatic rings. The quantitative estimate of drug-likeness (QED) is 0.662. The number of piperidine rings is 1. The fourth-order valence-electron chi connectivity index (χ4n) is 3.49. The first-order valence-corrected chi connectivity index (χ1v) is 9.75. The molecular formula is C20H22F2N6O2. The lowest BCUT2D eigenvalue weighted by atomic mass is 10.1. The summed E-state index contributed by atoms with van der Waals surface area (Å²) in [7, 11) is 0. The fourth-order valence-corrected chi connectivity index (χ4v) is 3.49. The van der Waals surface area contributed by atoms with Gasteiger partial charge in [-0.05, 0) is 37.1 Å². The topological polar surface area (TPSA) is 96.2 Å². The van der Waals surface area contributed by atoms with Crippen molar-refractivity contribution in [3.63, 3.8) is 0 Å². The van der Waals surface area contributed by atoms with Gasteiger partial charge in [-0.15, -0.1) is 10.2 Å². The number of aryl methyl sites for hydroxylation is 1. The first kappa shape index (κ1) is 20.1. The van der Waals surface area contributed by atoms with Gasteiger partial charge >= 0.3 is 6.03 Å². The van der Waals surface area contributed by atoms with Gasteiger partial charge < -0.3 is 14.6 Å². The Morgan fingerprint density at radius 1 is 1.27 bits per heavy atom. The van der Waals surface area contributed by atoms with Crippen LogP contribution in [-0.2, 0) is 0 Å². The predicted octanol–water partition coefficient (Wildman–Crippen LogP) is 3.44. The third-order valence-electron chi connectivity index (χ3n) is 5.07. The van der Waals surface area contributed by atoms with Crippen molar-refractivity contribution < 1.29 is 18.0 Å². The van der Waals surface area contributed by atoms with Gasteiger partial charge in [0.1, 0.15) is 0 Å². The molecule has 0 unspecified atom stereocenters. The molecule has 0 bridgehead atoms. The van der Waals surface area contributed by atoms with Crippen LogP contribution in [0.2, 0.25) is 0 Å². The highest BCUT2D eigenvalue weighted by Gasteiger charge is 2.23. The van der Waals surface area contributed by atoms with Gasteiger partial charge in [-0.25, -0.2) is 18.6 Å². The Kier molecular flexibility index (Phi) is 5.84. The van der Waals surface area contributed by atoms with E-state index in [0.29, 0.717) is 48.9 Å².